The summed E-state index contributed by atoms with van der Waals surface area (Å²) in [5.74, 6) is -1.68. The monoisotopic (exact) mass is 288 g/mol. The van der Waals surface area contributed by atoms with Gasteiger partial charge in [0.05, 0.1) is 7.11 Å². The van der Waals surface area contributed by atoms with Gasteiger partial charge in [0.2, 0.25) is 5.91 Å². The predicted molar refractivity (Wildman–Crippen MR) is 73.3 cm³/mol. The van der Waals surface area contributed by atoms with Crippen molar-refractivity contribution in [2.75, 3.05) is 13.7 Å². The predicted octanol–water partition coefficient (Wildman–Crippen LogP) is 1.08. The highest BCUT2D eigenvalue weighted by Crippen LogP contribution is 2.11. The third kappa shape index (κ3) is 5.46. The molecule has 2 N–H and O–H groups in total. The lowest BCUT2D eigenvalue weighted by Crippen LogP contribution is -2.54. The molecule has 0 heterocycles. The van der Waals surface area contributed by atoms with Crippen LogP contribution in [0.5, 0.6) is 0 Å². The zero-order valence-electron chi connectivity index (χ0n) is 12.7. The number of carbonyl (C=O) groups excluding carboxylic acids is 2. The van der Waals surface area contributed by atoms with Crippen molar-refractivity contribution in [1.82, 2.24) is 10.2 Å². The summed E-state index contributed by atoms with van der Waals surface area (Å²) >= 11 is 0. The summed E-state index contributed by atoms with van der Waals surface area (Å²) in [6, 6.07) is -1.03. The van der Waals surface area contributed by atoms with Crippen molar-refractivity contribution in [3.8, 4) is 0 Å². The SMILES string of the molecule is CCC(C)N(CC(=O)O)C(=O)C(NC(=O)OC)C(C)C. The van der Waals surface area contributed by atoms with Crippen LogP contribution in [0, 0.1) is 5.92 Å². The molecule has 116 valence electrons. The molecule has 7 heteroatoms. The van der Waals surface area contributed by atoms with Gasteiger partial charge in [-0.2, -0.15) is 0 Å². The number of alkyl carbamates (subject to hydrolysis) is 1. The molecule has 0 spiro atoms. The Morgan fingerprint density at radius 1 is 1.25 bits per heavy atom. The Balaban J connectivity index is 5.14. The quantitative estimate of drug-likeness (QED) is 0.730. The van der Waals surface area contributed by atoms with Gasteiger partial charge in [-0.25, -0.2) is 4.79 Å². The van der Waals surface area contributed by atoms with Crippen molar-refractivity contribution < 1.29 is 24.2 Å². The maximum Gasteiger partial charge on any atom is 0.407 e. The Labute approximate surface area is 119 Å². The van der Waals surface area contributed by atoms with E-state index in [2.05, 4.69) is 10.1 Å². The van der Waals surface area contributed by atoms with E-state index in [1.807, 2.05) is 6.92 Å². The van der Waals surface area contributed by atoms with Crippen molar-refractivity contribution in [3.63, 3.8) is 0 Å². The maximum atomic E-state index is 12.5. The van der Waals surface area contributed by atoms with Gasteiger partial charge in [0.1, 0.15) is 12.6 Å². The summed E-state index contributed by atoms with van der Waals surface area (Å²) in [6.45, 7) is 6.79. The van der Waals surface area contributed by atoms with Gasteiger partial charge in [-0.15, -0.1) is 0 Å². The largest absolute Gasteiger partial charge is 0.480 e. The van der Waals surface area contributed by atoms with E-state index in [0.717, 1.165) is 0 Å². The van der Waals surface area contributed by atoms with Crippen LogP contribution in [0.15, 0.2) is 0 Å². The fourth-order valence-corrected chi connectivity index (χ4v) is 1.70. The lowest BCUT2D eigenvalue weighted by molar-refractivity contribution is -0.147. The zero-order chi connectivity index (χ0) is 15.9. The molecule has 0 saturated carbocycles. The van der Waals surface area contributed by atoms with Gasteiger partial charge in [0, 0.05) is 6.04 Å². The second-order valence-electron chi connectivity index (χ2n) is 4.97. The lowest BCUT2D eigenvalue weighted by Gasteiger charge is -2.32. The standard InChI is InChI=1S/C13H24N2O5/c1-6-9(4)15(7-10(16)17)12(18)11(8(2)3)14-13(19)20-5/h8-9,11H,6-7H2,1-5H3,(H,14,19)(H,16,17). The van der Waals surface area contributed by atoms with E-state index in [0.29, 0.717) is 6.42 Å². The number of amides is 2. The summed E-state index contributed by atoms with van der Waals surface area (Å²) in [5, 5.41) is 11.4. The summed E-state index contributed by atoms with van der Waals surface area (Å²) in [4.78, 5) is 35.9. The Morgan fingerprint density at radius 2 is 1.80 bits per heavy atom. The number of hydrogen-bond acceptors (Lipinski definition) is 4. The van der Waals surface area contributed by atoms with Crippen LogP contribution < -0.4 is 5.32 Å². The highest BCUT2D eigenvalue weighted by atomic mass is 16.5. The summed E-state index contributed by atoms with van der Waals surface area (Å²) in [5.41, 5.74) is 0. The molecule has 2 amide bonds. The van der Waals surface area contributed by atoms with Gasteiger partial charge in [0.15, 0.2) is 0 Å². The molecule has 0 aromatic heterocycles. The van der Waals surface area contributed by atoms with Gasteiger partial charge in [0.25, 0.3) is 0 Å². The molecule has 0 aliphatic rings. The third-order valence-electron chi connectivity index (χ3n) is 3.10. The second-order valence-corrected chi connectivity index (χ2v) is 4.97. The first-order chi connectivity index (χ1) is 9.24. The number of carbonyl (C=O) groups is 3. The highest BCUT2D eigenvalue weighted by Gasteiger charge is 2.32. The molecule has 0 aliphatic carbocycles. The fourth-order valence-electron chi connectivity index (χ4n) is 1.70. The van der Waals surface area contributed by atoms with Crippen LogP contribution in [0.1, 0.15) is 34.1 Å². The normalized spacial score (nSPS) is 13.5. The van der Waals surface area contributed by atoms with Crippen LogP contribution in [-0.2, 0) is 14.3 Å². The van der Waals surface area contributed by atoms with E-state index in [9.17, 15) is 14.4 Å². The molecule has 7 nitrogen and oxygen atoms in total. The molecule has 0 saturated heterocycles. The number of rotatable bonds is 7. The van der Waals surface area contributed by atoms with Crippen molar-refractivity contribution in [3.05, 3.63) is 0 Å². The molecule has 2 unspecified atom stereocenters. The first-order valence-corrected chi connectivity index (χ1v) is 6.61. The van der Waals surface area contributed by atoms with E-state index >= 15 is 0 Å². The molecule has 0 bridgehead atoms. The van der Waals surface area contributed by atoms with Gasteiger partial charge in [-0.3, -0.25) is 9.59 Å². The Hall–Kier alpha value is -1.79. The van der Waals surface area contributed by atoms with Crippen molar-refractivity contribution in [2.24, 2.45) is 5.92 Å². The Bertz CT molecular complexity index is 357. The number of aliphatic carboxylic acids is 1. The van der Waals surface area contributed by atoms with Crippen molar-refractivity contribution in [1.29, 1.82) is 0 Å². The van der Waals surface area contributed by atoms with E-state index in [1.165, 1.54) is 12.0 Å². The number of methoxy groups -OCH3 is 1. The molecule has 0 aromatic rings. The molecule has 0 aromatic carbocycles. The molecule has 0 aliphatic heterocycles. The van der Waals surface area contributed by atoms with Gasteiger partial charge < -0.3 is 20.1 Å². The summed E-state index contributed by atoms with van der Waals surface area (Å²) in [7, 11) is 1.21. The first kappa shape index (κ1) is 18.2. The van der Waals surface area contributed by atoms with Crippen LogP contribution in [0.2, 0.25) is 0 Å². The number of carboxylic acids is 1. The number of hydrogen-bond donors (Lipinski definition) is 2. The van der Waals surface area contributed by atoms with Crippen LogP contribution in [0.3, 0.4) is 0 Å². The molecule has 2 atom stereocenters. The van der Waals surface area contributed by atoms with Crippen LogP contribution in [0.4, 0.5) is 4.79 Å². The maximum absolute atomic E-state index is 12.5. The highest BCUT2D eigenvalue weighted by molar-refractivity contribution is 5.88. The van der Waals surface area contributed by atoms with E-state index in [4.69, 9.17) is 5.11 Å². The third-order valence-corrected chi connectivity index (χ3v) is 3.10. The van der Waals surface area contributed by atoms with Crippen LogP contribution >= 0.6 is 0 Å². The minimum absolute atomic E-state index is 0.179. The molecule has 20 heavy (non-hydrogen) atoms. The number of nitrogens with one attached hydrogen (secondary N) is 1. The topological polar surface area (TPSA) is 95.9 Å². The zero-order valence-corrected chi connectivity index (χ0v) is 12.7. The number of ether oxygens (including phenoxy) is 1. The van der Waals surface area contributed by atoms with E-state index in [1.54, 1.807) is 20.8 Å². The van der Waals surface area contributed by atoms with Crippen molar-refractivity contribution >= 4 is 18.0 Å². The van der Waals surface area contributed by atoms with Crippen LogP contribution in [0.25, 0.3) is 0 Å². The average molecular weight is 288 g/mol. The van der Waals surface area contributed by atoms with E-state index < -0.39 is 24.0 Å². The molecular weight excluding hydrogens is 264 g/mol. The van der Waals surface area contributed by atoms with E-state index in [-0.39, 0.29) is 18.5 Å². The van der Waals surface area contributed by atoms with Crippen molar-refractivity contribution in [2.45, 2.75) is 46.2 Å². The Morgan fingerprint density at radius 3 is 2.15 bits per heavy atom. The summed E-state index contributed by atoms with van der Waals surface area (Å²) in [6.07, 6.45) is -0.0846. The Kier molecular flexibility index (Phi) is 7.64. The molecule has 0 rings (SSSR count). The second kappa shape index (κ2) is 8.39. The minimum Gasteiger partial charge on any atom is -0.480 e. The minimum atomic E-state index is -1.08. The van der Waals surface area contributed by atoms with Gasteiger partial charge >= 0.3 is 12.1 Å². The van der Waals surface area contributed by atoms with Gasteiger partial charge in [-0.05, 0) is 19.3 Å². The number of carboxylic acid groups (broad SMARTS) is 1. The van der Waals surface area contributed by atoms with Crippen LogP contribution in [-0.4, -0.2) is 53.7 Å². The first-order valence-electron chi connectivity index (χ1n) is 6.61. The average Bonchev–Trinajstić information content (AvgIpc) is 2.39. The fraction of sp³-hybridized carbons (Fsp3) is 0.769. The number of nitrogens with zero attached hydrogens (tertiary/aromatic N) is 1. The molecular formula is C13H24N2O5. The molecule has 0 fully saturated rings. The summed E-state index contributed by atoms with van der Waals surface area (Å²) < 4.78 is 4.49. The van der Waals surface area contributed by atoms with Gasteiger partial charge in [-0.1, -0.05) is 20.8 Å². The molecule has 0 radical (unpaired) electrons. The smallest absolute Gasteiger partial charge is 0.407 e. The lowest BCUT2D eigenvalue weighted by atomic mass is 10.0.